The maximum absolute atomic E-state index is 5.96. The summed E-state index contributed by atoms with van der Waals surface area (Å²) < 4.78 is 5.88. The van der Waals surface area contributed by atoms with Gasteiger partial charge in [0.2, 0.25) is 0 Å². The summed E-state index contributed by atoms with van der Waals surface area (Å²) in [5.74, 6) is 0.671. The molecule has 2 heteroatoms. The first-order valence-electron chi connectivity index (χ1n) is 6.03. The van der Waals surface area contributed by atoms with Gasteiger partial charge in [0.25, 0.3) is 0 Å². The number of hydrogen-bond donors (Lipinski definition) is 1. The van der Waals surface area contributed by atoms with Crippen LogP contribution in [0.3, 0.4) is 0 Å². The Morgan fingerprint density at radius 2 is 1.75 bits per heavy atom. The van der Waals surface area contributed by atoms with Crippen molar-refractivity contribution in [2.75, 3.05) is 6.61 Å². The molecule has 0 fully saturated rings. The summed E-state index contributed by atoms with van der Waals surface area (Å²) in [6.45, 7) is 7.17. The van der Waals surface area contributed by atoms with E-state index in [0.717, 1.165) is 13.0 Å². The fraction of sp³-hybridized carbons (Fsp3) is 0.571. The molecule has 0 saturated heterocycles. The van der Waals surface area contributed by atoms with Gasteiger partial charge in [-0.25, -0.2) is 0 Å². The third kappa shape index (κ3) is 4.33. The highest BCUT2D eigenvalue weighted by atomic mass is 16.5. The number of ether oxygens (including phenoxy) is 1. The second-order valence-electron chi connectivity index (χ2n) is 4.74. The average Bonchev–Trinajstić information content (AvgIpc) is 2.25. The van der Waals surface area contributed by atoms with E-state index in [1.165, 1.54) is 5.56 Å². The number of rotatable bonds is 6. The molecule has 0 heterocycles. The van der Waals surface area contributed by atoms with E-state index >= 15 is 0 Å². The molecule has 0 amide bonds. The fourth-order valence-corrected chi connectivity index (χ4v) is 1.62. The van der Waals surface area contributed by atoms with Crippen LogP contribution in [-0.4, -0.2) is 12.6 Å². The predicted octanol–water partition coefficient (Wildman–Crippen LogP) is 3.14. The standard InChI is InChI=1S/C14H23NO/c1-11(2)9-10-16-14(12(3)15)13-7-5-4-6-8-13/h4-8,11-12,14H,9-10,15H2,1-3H3. The van der Waals surface area contributed by atoms with E-state index in [9.17, 15) is 0 Å². The van der Waals surface area contributed by atoms with Gasteiger partial charge < -0.3 is 10.5 Å². The molecule has 2 nitrogen and oxygen atoms in total. The molecule has 0 bridgehead atoms. The van der Waals surface area contributed by atoms with Crippen LogP contribution in [0.25, 0.3) is 0 Å². The zero-order valence-electron chi connectivity index (χ0n) is 10.5. The molecule has 0 aliphatic rings. The lowest BCUT2D eigenvalue weighted by Gasteiger charge is -2.22. The highest BCUT2D eigenvalue weighted by molar-refractivity contribution is 5.18. The minimum atomic E-state index is 0.0138. The van der Waals surface area contributed by atoms with Gasteiger partial charge in [-0.1, -0.05) is 44.2 Å². The van der Waals surface area contributed by atoms with Crippen molar-refractivity contribution in [1.82, 2.24) is 0 Å². The maximum Gasteiger partial charge on any atom is 0.0972 e. The Labute approximate surface area is 98.8 Å². The fourth-order valence-electron chi connectivity index (χ4n) is 1.62. The summed E-state index contributed by atoms with van der Waals surface area (Å²) in [6.07, 6.45) is 1.09. The van der Waals surface area contributed by atoms with Gasteiger partial charge >= 0.3 is 0 Å². The van der Waals surface area contributed by atoms with Gasteiger partial charge in [0, 0.05) is 12.6 Å². The van der Waals surface area contributed by atoms with Gasteiger partial charge in [-0.2, -0.15) is 0 Å². The van der Waals surface area contributed by atoms with Crippen LogP contribution < -0.4 is 5.73 Å². The summed E-state index contributed by atoms with van der Waals surface area (Å²) in [5.41, 5.74) is 7.13. The molecule has 16 heavy (non-hydrogen) atoms. The Morgan fingerprint density at radius 1 is 1.12 bits per heavy atom. The zero-order chi connectivity index (χ0) is 12.0. The number of benzene rings is 1. The molecule has 0 aromatic heterocycles. The van der Waals surface area contributed by atoms with Gasteiger partial charge in [-0.05, 0) is 24.8 Å². The monoisotopic (exact) mass is 221 g/mol. The summed E-state index contributed by atoms with van der Waals surface area (Å²) >= 11 is 0. The summed E-state index contributed by atoms with van der Waals surface area (Å²) in [4.78, 5) is 0. The Kier molecular flexibility index (Phi) is 5.50. The summed E-state index contributed by atoms with van der Waals surface area (Å²) in [6, 6.07) is 10.2. The van der Waals surface area contributed by atoms with Crippen molar-refractivity contribution in [2.24, 2.45) is 11.7 Å². The van der Waals surface area contributed by atoms with E-state index < -0.39 is 0 Å². The van der Waals surface area contributed by atoms with Crippen LogP contribution in [0.15, 0.2) is 30.3 Å². The van der Waals surface area contributed by atoms with Gasteiger partial charge in [0.1, 0.15) is 0 Å². The Hall–Kier alpha value is -0.860. The second-order valence-corrected chi connectivity index (χ2v) is 4.74. The zero-order valence-corrected chi connectivity index (χ0v) is 10.5. The van der Waals surface area contributed by atoms with Crippen molar-refractivity contribution in [3.63, 3.8) is 0 Å². The van der Waals surface area contributed by atoms with Crippen molar-refractivity contribution in [3.05, 3.63) is 35.9 Å². The molecule has 2 N–H and O–H groups in total. The molecular weight excluding hydrogens is 198 g/mol. The SMILES string of the molecule is CC(C)CCOC(c1ccccc1)C(C)N. The third-order valence-electron chi connectivity index (χ3n) is 2.60. The topological polar surface area (TPSA) is 35.2 Å². The molecular formula is C14H23NO. The molecule has 0 radical (unpaired) electrons. The van der Waals surface area contributed by atoms with Crippen molar-refractivity contribution in [1.29, 1.82) is 0 Å². The largest absolute Gasteiger partial charge is 0.372 e. The second kappa shape index (κ2) is 6.66. The first-order chi connectivity index (χ1) is 7.61. The molecule has 0 aliphatic heterocycles. The summed E-state index contributed by atoms with van der Waals surface area (Å²) in [7, 11) is 0. The van der Waals surface area contributed by atoms with E-state index in [2.05, 4.69) is 26.0 Å². The minimum Gasteiger partial charge on any atom is -0.372 e. The van der Waals surface area contributed by atoms with Gasteiger partial charge in [-0.15, -0.1) is 0 Å². The molecule has 1 rings (SSSR count). The quantitative estimate of drug-likeness (QED) is 0.801. The maximum atomic E-state index is 5.96. The number of nitrogens with two attached hydrogens (primary N) is 1. The first-order valence-corrected chi connectivity index (χ1v) is 6.03. The molecule has 0 saturated carbocycles. The Balaban J connectivity index is 2.55. The minimum absolute atomic E-state index is 0.0138. The van der Waals surface area contributed by atoms with Crippen LogP contribution in [0.1, 0.15) is 38.9 Å². The average molecular weight is 221 g/mol. The highest BCUT2D eigenvalue weighted by Crippen LogP contribution is 2.20. The molecule has 2 atom stereocenters. The predicted molar refractivity (Wildman–Crippen MR) is 68.2 cm³/mol. The third-order valence-corrected chi connectivity index (χ3v) is 2.60. The van der Waals surface area contributed by atoms with E-state index in [1.807, 2.05) is 25.1 Å². The van der Waals surface area contributed by atoms with Crippen molar-refractivity contribution >= 4 is 0 Å². The molecule has 2 unspecified atom stereocenters. The van der Waals surface area contributed by atoms with E-state index in [4.69, 9.17) is 10.5 Å². The Morgan fingerprint density at radius 3 is 2.25 bits per heavy atom. The lowest BCUT2D eigenvalue weighted by molar-refractivity contribution is 0.0321. The van der Waals surface area contributed by atoms with Crippen molar-refractivity contribution in [2.45, 2.75) is 39.3 Å². The molecule has 90 valence electrons. The lowest BCUT2D eigenvalue weighted by atomic mass is 10.0. The van der Waals surface area contributed by atoms with Crippen LogP contribution in [0.2, 0.25) is 0 Å². The van der Waals surface area contributed by atoms with Crippen molar-refractivity contribution < 1.29 is 4.74 Å². The van der Waals surface area contributed by atoms with Crippen molar-refractivity contribution in [3.8, 4) is 0 Å². The van der Waals surface area contributed by atoms with E-state index in [-0.39, 0.29) is 12.1 Å². The molecule has 0 aliphatic carbocycles. The highest BCUT2D eigenvalue weighted by Gasteiger charge is 2.16. The lowest BCUT2D eigenvalue weighted by Crippen LogP contribution is -2.27. The van der Waals surface area contributed by atoms with Crippen LogP contribution in [0.4, 0.5) is 0 Å². The van der Waals surface area contributed by atoms with Gasteiger partial charge in [-0.3, -0.25) is 0 Å². The van der Waals surface area contributed by atoms with Crippen LogP contribution in [0.5, 0.6) is 0 Å². The summed E-state index contributed by atoms with van der Waals surface area (Å²) in [5, 5.41) is 0. The van der Waals surface area contributed by atoms with Crippen LogP contribution >= 0.6 is 0 Å². The Bertz CT molecular complexity index is 282. The van der Waals surface area contributed by atoms with Crippen LogP contribution in [0, 0.1) is 5.92 Å². The normalized spacial score (nSPS) is 15.1. The first kappa shape index (κ1) is 13.2. The van der Waals surface area contributed by atoms with Crippen LogP contribution in [-0.2, 0) is 4.74 Å². The van der Waals surface area contributed by atoms with E-state index in [1.54, 1.807) is 0 Å². The van der Waals surface area contributed by atoms with E-state index in [0.29, 0.717) is 5.92 Å². The number of hydrogen-bond acceptors (Lipinski definition) is 2. The van der Waals surface area contributed by atoms with Gasteiger partial charge in [0.15, 0.2) is 0 Å². The van der Waals surface area contributed by atoms with Gasteiger partial charge in [0.05, 0.1) is 6.10 Å². The smallest absolute Gasteiger partial charge is 0.0972 e. The molecule has 1 aromatic rings. The molecule has 1 aromatic carbocycles. The molecule has 0 spiro atoms.